The van der Waals surface area contributed by atoms with Gasteiger partial charge in [-0.15, -0.1) is 0 Å². The maximum absolute atomic E-state index is 12.5. The van der Waals surface area contributed by atoms with Crippen LogP contribution in [0.5, 0.6) is 0 Å². The summed E-state index contributed by atoms with van der Waals surface area (Å²) >= 11 is 0. The molecule has 0 radical (unpaired) electrons. The summed E-state index contributed by atoms with van der Waals surface area (Å²) in [5.41, 5.74) is 0. The van der Waals surface area contributed by atoms with Gasteiger partial charge in [-0.1, -0.05) is 257 Å². The minimum atomic E-state index is -0.680. The highest BCUT2D eigenvalue weighted by Gasteiger charge is 2.20. The molecule has 0 heterocycles. The summed E-state index contributed by atoms with van der Waals surface area (Å²) < 4.78 is 5.45. The van der Waals surface area contributed by atoms with Crippen LogP contribution in [0.3, 0.4) is 0 Å². The van der Waals surface area contributed by atoms with Gasteiger partial charge in [0.1, 0.15) is 0 Å². The highest BCUT2D eigenvalue weighted by Crippen LogP contribution is 2.17. The zero-order valence-corrected chi connectivity index (χ0v) is 42.6. The number of rotatable bonds is 53. The Morgan fingerprint density at radius 1 is 0.429 bits per heavy atom. The number of carbonyl (C=O) groups excluding carboxylic acids is 2. The van der Waals surface area contributed by atoms with Crippen LogP contribution in [0.25, 0.3) is 0 Å². The van der Waals surface area contributed by atoms with E-state index in [0.29, 0.717) is 25.9 Å². The second kappa shape index (κ2) is 53.2. The Balaban J connectivity index is 3.49. The monoisotopic (exact) mass is 890 g/mol. The van der Waals surface area contributed by atoms with Gasteiger partial charge in [0.15, 0.2) is 0 Å². The molecule has 3 N–H and O–H groups in total. The SMILES string of the molecule is CCCCCCCCCCCCCCCCCCCCCCC(O)C(CO)NC(=O)CCCCCCC/C=C\CCCCCOC(=O)CCCCCCCCCCCCCCCC. The molecular weight excluding hydrogens is 779 g/mol. The van der Waals surface area contributed by atoms with Crippen molar-refractivity contribution in [3.05, 3.63) is 12.2 Å². The second-order valence-electron chi connectivity index (χ2n) is 19.6. The van der Waals surface area contributed by atoms with Crippen molar-refractivity contribution in [2.75, 3.05) is 13.2 Å². The van der Waals surface area contributed by atoms with Gasteiger partial charge >= 0.3 is 5.97 Å². The van der Waals surface area contributed by atoms with E-state index in [2.05, 4.69) is 31.3 Å². The first kappa shape index (κ1) is 61.6. The fourth-order valence-corrected chi connectivity index (χ4v) is 8.93. The predicted octanol–water partition coefficient (Wildman–Crippen LogP) is 17.3. The number of allylic oxidation sites excluding steroid dienone is 2. The number of esters is 1. The van der Waals surface area contributed by atoms with Crippen molar-refractivity contribution in [2.45, 2.75) is 328 Å². The number of amides is 1. The Labute approximate surface area is 393 Å². The van der Waals surface area contributed by atoms with Crippen molar-refractivity contribution >= 4 is 11.9 Å². The lowest BCUT2D eigenvalue weighted by molar-refractivity contribution is -0.143. The molecule has 0 spiro atoms. The summed E-state index contributed by atoms with van der Waals surface area (Å²) in [5, 5.41) is 23.3. The topological polar surface area (TPSA) is 95.9 Å². The Morgan fingerprint density at radius 2 is 0.746 bits per heavy atom. The van der Waals surface area contributed by atoms with E-state index in [1.807, 2.05) is 0 Å². The number of carbonyl (C=O) groups is 2. The molecule has 2 atom stereocenters. The normalized spacial score (nSPS) is 12.6. The maximum Gasteiger partial charge on any atom is 0.305 e. The summed E-state index contributed by atoms with van der Waals surface area (Å²) in [6, 6.07) is -0.560. The van der Waals surface area contributed by atoms with Crippen molar-refractivity contribution < 1.29 is 24.5 Å². The van der Waals surface area contributed by atoms with E-state index >= 15 is 0 Å². The smallest absolute Gasteiger partial charge is 0.305 e. The average Bonchev–Trinajstić information content (AvgIpc) is 3.28. The molecule has 0 saturated carbocycles. The number of unbranched alkanes of at least 4 members (excludes halogenated alkanes) is 40. The number of aliphatic hydroxyl groups excluding tert-OH is 2. The fraction of sp³-hybridized carbons (Fsp3) is 0.930. The molecular formula is C57H111NO5. The summed E-state index contributed by atoms with van der Waals surface area (Å²) in [4.78, 5) is 24.5. The minimum Gasteiger partial charge on any atom is -0.466 e. The second-order valence-corrected chi connectivity index (χ2v) is 19.6. The predicted molar refractivity (Wildman–Crippen MR) is 273 cm³/mol. The molecule has 0 aromatic rings. The van der Waals surface area contributed by atoms with Crippen LogP contribution in [-0.2, 0) is 14.3 Å². The summed E-state index contributed by atoms with van der Waals surface area (Å²) in [6.45, 7) is 4.92. The first-order chi connectivity index (χ1) is 31.0. The molecule has 0 bridgehead atoms. The van der Waals surface area contributed by atoms with Gasteiger partial charge in [0.25, 0.3) is 0 Å². The summed E-state index contributed by atoms with van der Waals surface area (Å²) in [7, 11) is 0. The summed E-state index contributed by atoms with van der Waals surface area (Å²) in [5.74, 6) is -0.0771. The molecule has 0 aliphatic heterocycles. The van der Waals surface area contributed by atoms with Gasteiger partial charge < -0.3 is 20.3 Å². The number of aliphatic hydroxyl groups is 2. The van der Waals surface area contributed by atoms with Crippen LogP contribution in [0.1, 0.15) is 316 Å². The number of ether oxygens (including phenoxy) is 1. The molecule has 0 aromatic heterocycles. The van der Waals surface area contributed by atoms with E-state index in [-0.39, 0.29) is 18.5 Å². The Kier molecular flexibility index (Phi) is 52.0. The van der Waals surface area contributed by atoms with Crippen LogP contribution < -0.4 is 5.32 Å². The molecule has 0 saturated heterocycles. The van der Waals surface area contributed by atoms with E-state index in [0.717, 1.165) is 77.0 Å². The highest BCUT2D eigenvalue weighted by molar-refractivity contribution is 5.76. The van der Waals surface area contributed by atoms with Crippen LogP contribution in [0.2, 0.25) is 0 Å². The number of hydrogen-bond donors (Lipinski definition) is 3. The molecule has 0 fully saturated rings. The van der Waals surface area contributed by atoms with Gasteiger partial charge in [0.2, 0.25) is 5.91 Å². The van der Waals surface area contributed by atoms with Crippen molar-refractivity contribution in [2.24, 2.45) is 0 Å². The third-order valence-electron chi connectivity index (χ3n) is 13.3. The fourth-order valence-electron chi connectivity index (χ4n) is 8.93. The summed E-state index contributed by atoms with van der Waals surface area (Å²) in [6.07, 6.45) is 62.0. The largest absolute Gasteiger partial charge is 0.466 e. The molecule has 0 aliphatic rings. The van der Waals surface area contributed by atoms with Crippen LogP contribution in [0.4, 0.5) is 0 Å². The van der Waals surface area contributed by atoms with E-state index in [1.54, 1.807) is 0 Å². The van der Waals surface area contributed by atoms with E-state index < -0.39 is 12.1 Å². The Morgan fingerprint density at radius 3 is 1.13 bits per heavy atom. The first-order valence-electron chi connectivity index (χ1n) is 28.4. The Bertz CT molecular complexity index is 939. The first-order valence-corrected chi connectivity index (χ1v) is 28.4. The molecule has 6 heteroatoms. The molecule has 6 nitrogen and oxygen atoms in total. The van der Waals surface area contributed by atoms with Crippen molar-refractivity contribution in [1.82, 2.24) is 5.32 Å². The van der Waals surface area contributed by atoms with Gasteiger partial charge in [0, 0.05) is 12.8 Å². The lowest BCUT2D eigenvalue weighted by atomic mass is 10.0. The minimum absolute atomic E-state index is 0.0196. The van der Waals surface area contributed by atoms with Crippen molar-refractivity contribution in [3.63, 3.8) is 0 Å². The Hall–Kier alpha value is -1.40. The van der Waals surface area contributed by atoms with Gasteiger partial charge in [-0.25, -0.2) is 0 Å². The van der Waals surface area contributed by atoms with Gasteiger partial charge in [0.05, 0.1) is 25.4 Å². The van der Waals surface area contributed by atoms with Crippen LogP contribution >= 0.6 is 0 Å². The molecule has 63 heavy (non-hydrogen) atoms. The maximum atomic E-state index is 12.5. The van der Waals surface area contributed by atoms with Gasteiger partial charge in [-0.2, -0.15) is 0 Å². The molecule has 0 rings (SSSR count). The molecule has 2 unspecified atom stereocenters. The third-order valence-corrected chi connectivity index (χ3v) is 13.3. The number of hydrogen-bond acceptors (Lipinski definition) is 5. The lowest BCUT2D eigenvalue weighted by Gasteiger charge is -2.22. The zero-order chi connectivity index (χ0) is 45.8. The highest BCUT2D eigenvalue weighted by atomic mass is 16.5. The van der Waals surface area contributed by atoms with E-state index in [1.165, 1.54) is 205 Å². The standard InChI is InChI=1S/C57H111NO5/c1-3-5-7-9-11-13-15-17-19-20-21-22-23-24-25-29-33-37-41-45-49-55(60)54(53-59)58-56(61)50-46-42-38-34-30-27-28-32-36-40-44-48-52-63-57(62)51-47-43-39-35-31-26-18-16-14-12-10-8-6-4-2/h28,32,54-55,59-60H,3-27,29-31,33-53H2,1-2H3,(H,58,61)/b32-28-. The van der Waals surface area contributed by atoms with Crippen LogP contribution in [0, 0.1) is 0 Å². The van der Waals surface area contributed by atoms with Crippen molar-refractivity contribution in [3.8, 4) is 0 Å². The van der Waals surface area contributed by atoms with E-state index in [9.17, 15) is 19.8 Å². The molecule has 0 aliphatic carbocycles. The van der Waals surface area contributed by atoms with Gasteiger partial charge in [-0.05, 0) is 57.8 Å². The number of nitrogens with one attached hydrogen (secondary N) is 1. The van der Waals surface area contributed by atoms with Crippen molar-refractivity contribution in [1.29, 1.82) is 0 Å². The lowest BCUT2D eigenvalue weighted by Crippen LogP contribution is -2.45. The van der Waals surface area contributed by atoms with Gasteiger partial charge in [-0.3, -0.25) is 9.59 Å². The van der Waals surface area contributed by atoms with Crippen LogP contribution in [-0.4, -0.2) is 47.4 Å². The molecule has 374 valence electrons. The third kappa shape index (κ3) is 49.9. The quantitative estimate of drug-likeness (QED) is 0.0321. The average molecular weight is 891 g/mol. The molecule has 1 amide bonds. The molecule has 0 aromatic carbocycles. The van der Waals surface area contributed by atoms with Crippen LogP contribution in [0.15, 0.2) is 12.2 Å². The zero-order valence-electron chi connectivity index (χ0n) is 42.6. The van der Waals surface area contributed by atoms with E-state index in [4.69, 9.17) is 4.74 Å².